The van der Waals surface area contributed by atoms with Crippen LogP contribution in [0.5, 0.6) is 0 Å². The molecule has 1 aliphatic rings. The van der Waals surface area contributed by atoms with Crippen molar-refractivity contribution in [1.29, 1.82) is 0 Å². The number of rotatable bonds is 6. The van der Waals surface area contributed by atoms with Crippen LogP contribution in [0.2, 0.25) is 0 Å². The van der Waals surface area contributed by atoms with Crippen LogP contribution in [0, 0.1) is 0 Å². The molecular formula is C14H21NO4S. The Balaban J connectivity index is 2.09. The Labute approximate surface area is 119 Å². The molecule has 2 rings (SSSR count). The summed E-state index contributed by atoms with van der Waals surface area (Å²) in [5, 5.41) is 0. The Morgan fingerprint density at radius 2 is 2.30 bits per heavy atom. The van der Waals surface area contributed by atoms with E-state index in [1.807, 2.05) is 13.0 Å². The first-order valence-electron chi connectivity index (χ1n) is 7.04. The van der Waals surface area contributed by atoms with Crippen molar-refractivity contribution in [3.63, 3.8) is 0 Å². The third kappa shape index (κ3) is 3.85. The summed E-state index contributed by atoms with van der Waals surface area (Å²) in [6, 6.07) is 3.37. The number of sulfone groups is 1. The van der Waals surface area contributed by atoms with E-state index >= 15 is 0 Å². The number of furan rings is 1. The topological polar surface area (TPSA) is 67.6 Å². The fourth-order valence-electron chi connectivity index (χ4n) is 2.48. The average Bonchev–Trinajstić information content (AvgIpc) is 3.02. The number of nitrogens with zero attached hydrogens (tertiary/aromatic N) is 1. The average molecular weight is 299 g/mol. The summed E-state index contributed by atoms with van der Waals surface area (Å²) in [7, 11) is -3.00. The molecule has 6 heteroatoms. The normalized spacial score (nSPS) is 20.9. The van der Waals surface area contributed by atoms with E-state index in [1.54, 1.807) is 17.2 Å². The maximum atomic E-state index is 12.3. The van der Waals surface area contributed by atoms with Gasteiger partial charge in [0.25, 0.3) is 0 Å². The summed E-state index contributed by atoms with van der Waals surface area (Å²) >= 11 is 0. The molecule has 1 fully saturated rings. The quantitative estimate of drug-likeness (QED) is 0.805. The monoisotopic (exact) mass is 299 g/mol. The zero-order valence-electron chi connectivity index (χ0n) is 11.7. The van der Waals surface area contributed by atoms with Gasteiger partial charge in [0.2, 0.25) is 5.91 Å². The lowest BCUT2D eigenvalue weighted by Crippen LogP contribution is -2.40. The number of carbonyl (C=O) groups is 1. The molecule has 0 aliphatic carbocycles. The highest BCUT2D eigenvalue weighted by atomic mass is 32.2. The molecule has 20 heavy (non-hydrogen) atoms. The molecule has 112 valence electrons. The van der Waals surface area contributed by atoms with E-state index in [0.717, 1.165) is 12.8 Å². The van der Waals surface area contributed by atoms with Crippen LogP contribution < -0.4 is 0 Å². The summed E-state index contributed by atoms with van der Waals surface area (Å²) in [4.78, 5) is 14.0. The van der Waals surface area contributed by atoms with Crippen molar-refractivity contribution >= 4 is 15.7 Å². The number of unbranched alkanes of at least 4 members (excludes halogenated alkanes) is 1. The highest BCUT2D eigenvalue weighted by molar-refractivity contribution is 7.91. The van der Waals surface area contributed by atoms with Crippen LogP contribution in [-0.4, -0.2) is 36.8 Å². The molecule has 0 spiro atoms. The van der Waals surface area contributed by atoms with Crippen LogP contribution >= 0.6 is 0 Å². The standard InChI is InChI=1S/C14H21NO4S/c1-2-3-6-14(16)15(10-13-5-4-8-19-13)12-7-9-20(17,18)11-12/h4-5,8,12H,2-3,6-7,9-11H2,1H3/t12-/m0/s1. The van der Waals surface area contributed by atoms with Gasteiger partial charge in [-0.05, 0) is 25.0 Å². The van der Waals surface area contributed by atoms with E-state index in [-0.39, 0.29) is 23.5 Å². The molecule has 1 aromatic heterocycles. The molecule has 1 amide bonds. The Kier molecular flexibility index (Phi) is 4.86. The Hall–Kier alpha value is -1.30. The number of amides is 1. The molecule has 1 saturated heterocycles. The van der Waals surface area contributed by atoms with Gasteiger partial charge in [0.05, 0.1) is 24.3 Å². The van der Waals surface area contributed by atoms with Gasteiger partial charge < -0.3 is 9.32 Å². The van der Waals surface area contributed by atoms with Crippen LogP contribution in [0.1, 0.15) is 38.4 Å². The van der Waals surface area contributed by atoms with E-state index in [2.05, 4.69) is 0 Å². The summed E-state index contributed by atoms with van der Waals surface area (Å²) in [6.45, 7) is 2.39. The van der Waals surface area contributed by atoms with Crippen LogP contribution in [0.25, 0.3) is 0 Å². The molecule has 0 aromatic carbocycles. The van der Waals surface area contributed by atoms with Crippen molar-refractivity contribution in [3.05, 3.63) is 24.2 Å². The molecule has 5 nitrogen and oxygen atoms in total. The van der Waals surface area contributed by atoms with E-state index in [0.29, 0.717) is 25.1 Å². The van der Waals surface area contributed by atoms with Gasteiger partial charge in [0.15, 0.2) is 9.84 Å². The predicted octanol–water partition coefficient (Wildman–Crippen LogP) is 1.99. The zero-order valence-corrected chi connectivity index (χ0v) is 12.6. The van der Waals surface area contributed by atoms with E-state index in [4.69, 9.17) is 4.42 Å². The second-order valence-corrected chi connectivity index (χ2v) is 7.49. The lowest BCUT2D eigenvalue weighted by atomic mass is 10.1. The lowest BCUT2D eigenvalue weighted by Gasteiger charge is -2.27. The Morgan fingerprint density at radius 3 is 2.85 bits per heavy atom. The van der Waals surface area contributed by atoms with Gasteiger partial charge in [-0.15, -0.1) is 0 Å². The number of carbonyl (C=O) groups excluding carboxylic acids is 1. The van der Waals surface area contributed by atoms with Gasteiger partial charge in [0, 0.05) is 12.5 Å². The molecule has 1 atom stereocenters. The van der Waals surface area contributed by atoms with Crippen molar-refractivity contribution < 1.29 is 17.6 Å². The van der Waals surface area contributed by atoms with Crippen LogP contribution in [0.4, 0.5) is 0 Å². The third-order valence-electron chi connectivity index (χ3n) is 3.62. The van der Waals surface area contributed by atoms with E-state index in [1.165, 1.54) is 0 Å². The first-order valence-corrected chi connectivity index (χ1v) is 8.86. The maximum absolute atomic E-state index is 12.3. The highest BCUT2D eigenvalue weighted by Gasteiger charge is 2.34. The van der Waals surface area contributed by atoms with Gasteiger partial charge in [0.1, 0.15) is 5.76 Å². The highest BCUT2D eigenvalue weighted by Crippen LogP contribution is 2.21. The first kappa shape index (κ1) is 15.1. The van der Waals surface area contributed by atoms with E-state index < -0.39 is 9.84 Å². The summed E-state index contributed by atoms with van der Waals surface area (Å²) in [6.07, 6.45) is 4.33. The molecular weight excluding hydrogens is 278 g/mol. The van der Waals surface area contributed by atoms with Crippen LogP contribution in [0.3, 0.4) is 0 Å². The van der Waals surface area contributed by atoms with Gasteiger partial charge in [-0.1, -0.05) is 13.3 Å². The SMILES string of the molecule is CCCCC(=O)N(Cc1ccco1)[C@H]1CCS(=O)(=O)C1. The molecule has 0 N–H and O–H groups in total. The van der Waals surface area contributed by atoms with Gasteiger partial charge in [-0.25, -0.2) is 8.42 Å². The summed E-state index contributed by atoms with van der Waals surface area (Å²) in [5.41, 5.74) is 0. The fraction of sp³-hybridized carbons (Fsp3) is 0.643. The van der Waals surface area contributed by atoms with Crippen molar-refractivity contribution in [1.82, 2.24) is 4.90 Å². The van der Waals surface area contributed by atoms with Gasteiger partial charge in [-0.2, -0.15) is 0 Å². The third-order valence-corrected chi connectivity index (χ3v) is 5.37. The van der Waals surface area contributed by atoms with Crippen molar-refractivity contribution in [2.75, 3.05) is 11.5 Å². The first-order chi connectivity index (χ1) is 9.52. The molecule has 0 bridgehead atoms. The van der Waals surface area contributed by atoms with Crippen molar-refractivity contribution in [2.45, 2.75) is 45.2 Å². The second kappa shape index (κ2) is 6.43. The molecule has 0 unspecified atom stereocenters. The van der Waals surface area contributed by atoms with Crippen LogP contribution in [-0.2, 0) is 21.2 Å². The maximum Gasteiger partial charge on any atom is 0.223 e. The van der Waals surface area contributed by atoms with Crippen LogP contribution in [0.15, 0.2) is 22.8 Å². The molecule has 2 heterocycles. The van der Waals surface area contributed by atoms with Gasteiger partial charge >= 0.3 is 0 Å². The minimum Gasteiger partial charge on any atom is -0.467 e. The minimum atomic E-state index is -3.00. The predicted molar refractivity (Wildman–Crippen MR) is 75.8 cm³/mol. The minimum absolute atomic E-state index is 0.0188. The molecule has 1 aliphatic heterocycles. The Morgan fingerprint density at radius 1 is 1.50 bits per heavy atom. The van der Waals surface area contributed by atoms with Crippen molar-refractivity contribution in [3.8, 4) is 0 Å². The smallest absolute Gasteiger partial charge is 0.223 e. The van der Waals surface area contributed by atoms with E-state index in [9.17, 15) is 13.2 Å². The molecule has 0 radical (unpaired) electrons. The largest absolute Gasteiger partial charge is 0.467 e. The zero-order chi connectivity index (χ0) is 14.6. The van der Waals surface area contributed by atoms with Gasteiger partial charge in [-0.3, -0.25) is 4.79 Å². The van der Waals surface area contributed by atoms with Crippen molar-refractivity contribution in [2.24, 2.45) is 0 Å². The number of hydrogen-bond acceptors (Lipinski definition) is 4. The molecule has 0 saturated carbocycles. The summed E-state index contributed by atoms with van der Waals surface area (Å²) < 4.78 is 28.5. The second-order valence-electron chi connectivity index (χ2n) is 5.26. The molecule has 1 aromatic rings. The lowest BCUT2D eigenvalue weighted by molar-refractivity contribution is -0.134. The fourth-order valence-corrected chi connectivity index (χ4v) is 4.21. The summed E-state index contributed by atoms with van der Waals surface area (Å²) in [5.74, 6) is 0.961. The Bertz CT molecular complexity index is 536. The number of hydrogen-bond donors (Lipinski definition) is 0.